The van der Waals surface area contributed by atoms with Gasteiger partial charge in [0.25, 0.3) is 0 Å². The molecule has 0 radical (unpaired) electrons. The normalized spacial score (nSPS) is 10.2. The average molecular weight is 279 g/mol. The zero-order valence-corrected chi connectivity index (χ0v) is 11.9. The highest BCUT2D eigenvalue weighted by Gasteiger charge is 2.06. The molecule has 0 saturated heterocycles. The standard InChI is InChI=1S/C13H17N3O2S/c1-3-17-11-5-6-13(18-4-2)12(7-11)14-8-10-9-19-16-15-10/h5-7,9,14H,3-4,8H2,1-2H3. The van der Waals surface area contributed by atoms with Gasteiger partial charge in [0.2, 0.25) is 0 Å². The van der Waals surface area contributed by atoms with Gasteiger partial charge in [-0.3, -0.25) is 0 Å². The molecule has 2 rings (SSSR count). The molecule has 1 aromatic heterocycles. The molecule has 19 heavy (non-hydrogen) atoms. The lowest BCUT2D eigenvalue weighted by Gasteiger charge is -2.13. The Bertz CT molecular complexity index is 503. The highest BCUT2D eigenvalue weighted by atomic mass is 32.1. The Hall–Kier alpha value is -1.82. The van der Waals surface area contributed by atoms with E-state index >= 15 is 0 Å². The molecule has 0 saturated carbocycles. The van der Waals surface area contributed by atoms with Gasteiger partial charge in [-0.2, -0.15) is 0 Å². The molecule has 0 fully saturated rings. The van der Waals surface area contributed by atoms with Crippen LogP contribution in [-0.2, 0) is 6.54 Å². The number of anilines is 1. The third-order valence-corrected chi connectivity index (χ3v) is 2.98. The summed E-state index contributed by atoms with van der Waals surface area (Å²) in [5.41, 5.74) is 1.81. The first-order valence-electron chi connectivity index (χ1n) is 6.23. The number of rotatable bonds is 7. The first kappa shape index (κ1) is 13.6. The van der Waals surface area contributed by atoms with E-state index in [9.17, 15) is 0 Å². The lowest BCUT2D eigenvalue weighted by Crippen LogP contribution is -2.04. The Morgan fingerprint density at radius 2 is 2.05 bits per heavy atom. The van der Waals surface area contributed by atoms with Gasteiger partial charge in [0.05, 0.1) is 31.1 Å². The molecule has 0 aliphatic heterocycles. The highest BCUT2D eigenvalue weighted by molar-refractivity contribution is 7.03. The predicted octanol–water partition coefficient (Wildman–Crippen LogP) is 2.95. The maximum Gasteiger partial charge on any atom is 0.142 e. The van der Waals surface area contributed by atoms with Gasteiger partial charge in [-0.1, -0.05) is 4.49 Å². The van der Waals surface area contributed by atoms with Crippen LogP contribution in [0.4, 0.5) is 5.69 Å². The molecule has 5 nitrogen and oxygen atoms in total. The number of hydrogen-bond acceptors (Lipinski definition) is 6. The first-order valence-corrected chi connectivity index (χ1v) is 7.06. The molecular formula is C13H17N3O2S. The molecule has 0 bridgehead atoms. The number of hydrogen-bond donors (Lipinski definition) is 1. The third-order valence-electron chi connectivity index (χ3n) is 2.43. The summed E-state index contributed by atoms with van der Waals surface area (Å²) in [7, 11) is 0. The second-order valence-electron chi connectivity index (χ2n) is 3.77. The van der Waals surface area contributed by atoms with Gasteiger partial charge in [0.15, 0.2) is 0 Å². The number of aromatic nitrogens is 2. The van der Waals surface area contributed by atoms with Crippen LogP contribution in [-0.4, -0.2) is 22.8 Å². The van der Waals surface area contributed by atoms with E-state index < -0.39 is 0 Å². The largest absolute Gasteiger partial charge is 0.494 e. The van der Waals surface area contributed by atoms with E-state index in [-0.39, 0.29) is 0 Å². The van der Waals surface area contributed by atoms with E-state index in [1.54, 1.807) is 0 Å². The van der Waals surface area contributed by atoms with Gasteiger partial charge in [0.1, 0.15) is 11.5 Å². The minimum Gasteiger partial charge on any atom is -0.494 e. The second kappa shape index (κ2) is 6.94. The van der Waals surface area contributed by atoms with E-state index in [1.165, 1.54) is 11.5 Å². The highest BCUT2D eigenvalue weighted by Crippen LogP contribution is 2.29. The van der Waals surface area contributed by atoms with Gasteiger partial charge in [-0.25, -0.2) is 0 Å². The van der Waals surface area contributed by atoms with Gasteiger partial charge < -0.3 is 14.8 Å². The summed E-state index contributed by atoms with van der Waals surface area (Å²) in [4.78, 5) is 0. The Labute approximate surface area is 116 Å². The van der Waals surface area contributed by atoms with Crippen LogP contribution in [0.1, 0.15) is 19.5 Å². The fourth-order valence-corrected chi connectivity index (χ4v) is 2.08. The number of nitrogens with zero attached hydrogens (tertiary/aromatic N) is 2. The summed E-state index contributed by atoms with van der Waals surface area (Å²) in [6.45, 7) is 5.81. The number of benzene rings is 1. The molecule has 6 heteroatoms. The van der Waals surface area contributed by atoms with Gasteiger partial charge >= 0.3 is 0 Å². The third kappa shape index (κ3) is 3.82. The van der Waals surface area contributed by atoms with Crippen molar-refractivity contribution >= 4 is 17.2 Å². The number of ether oxygens (including phenoxy) is 2. The molecule has 2 aromatic rings. The molecule has 1 aromatic carbocycles. The summed E-state index contributed by atoms with van der Waals surface area (Å²) in [5, 5.41) is 9.21. The lowest BCUT2D eigenvalue weighted by atomic mass is 10.2. The monoisotopic (exact) mass is 279 g/mol. The van der Waals surface area contributed by atoms with Crippen molar-refractivity contribution in [1.29, 1.82) is 0 Å². The van der Waals surface area contributed by atoms with E-state index in [0.717, 1.165) is 22.9 Å². The summed E-state index contributed by atoms with van der Waals surface area (Å²) in [5.74, 6) is 1.64. The van der Waals surface area contributed by atoms with Crippen molar-refractivity contribution in [3.63, 3.8) is 0 Å². The lowest BCUT2D eigenvalue weighted by molar-refractivity contribution is 0.332. The van der Waals surface area contributed by atoms with Crippen LogP contribution in [0.2, 0.25) is 0 Å². The maximum absolute atomic E-state index is 5.59. The van der Waals surface area contributed by atoms with E-state index in [0.29, 0.717) is 19.8 Å². The van der Waals surface area contributed by atoms with Crippen molar-refractivity contribution < 1.29 is 9.47 Å². The van der Waals surface area contributed by atoms with Gasteiger partial charge in [-0.15, -0.1) is 5.10 Å². The van der Waals surface area contributed by atoms with Crippen molar-refractivity contribution in [3.05, 3.63) is 29.3 Å². The van der Waals surface area contributed by atoms with E-state index in [1.807, 2.05) is 37.4 Å². The van der Waals surface area contributed by atoms with Gasteiger partial charge in [0, 0.05) is 11.4 Å². The summed E-state index contributed by atoms with van der Waals surface area (Å²) >= 11 is 1.34. The zero-order valence-electron chi connectivity index (χ0n) is 11.0. The maximum atomic E-state index is 5.59. The molecule has 0 atom stereocenters. The smallest absolute Gasteiger partial charge is 0.142 e. The summed E-state index contributed by atoms with van der Waals surface area (Å²) in [6.07, 6.45) is 0. The Balaban J connectivity index is 2.11. The Kier molecular flexibility index (Phi) is 4.97. The zero-order chi connectivity index (χ0) is 13.5. The summed E-state index contributed by atoms with van der Waals surface area (Å²) in [6, 6.07) is 5.76. The fraction of sp³-hybridized carbons (Fsp3) is 0.385. The molecular weight excluding hydrogens is 262 g/mol. The minimum absolute atomic E-state index is 0.617. The van der Waals surface area contributed by atoms with Crippen LogP contribution in [0.3, 0.4) is 0 Å². The van der Waals surface area contributed by atoms with E-state index in [2.05, 4.69) is 14.9 Å². The topological polar surface area (TPSA) is 56.3 Å². The SMILES string of the molecule is CCOc1ccc(OCC)c(NCc2csnn2)c1. The van der Waals surface area contributed by atoms with Crippen molar-refractivity contribution in [3.8, 4) is 11.5 Å². The minimum atomic E-state index is 0.617. The molecule has 102 valence electrons. The van der Waals surface area contributed by atoms with Crippen molar-refractivity contribution in [2.45, 2.75) is 20.4 Å². The van der Waals surface area contributed by atoms with Crippen LogP contribution in [0.25, 0.3) is 0 Å². The Morgan fingerprint density at radius 3 is 2.74 bits per heavy atom. The quantitative estimate of drug-likeness (QED) is 0.844. The molecule has 1 N–H and O–H groups in total. The van der Waals surface area contributed by atoms with Crippen LogP contribution in [0, 0.1) is 0 Å². The number of nitrogens with one attached hydrogen (secondary N) is 1. The average Bonchev–Trinajstić information content (AvgIpc) is 2.92. The predicted molar refractivity (Wildman–Crippen MR) is 76.0 cm³/mol. The first-order chi connectivity index (χ1) is 9.33. The van der Waals surface area contributed by atoms with Crippen LogP contribution >= 0.6 is 11.5 Å². The molecule has 0 aliphatic carbocycles. The summed E-state index contributed by atoms with van der Waals surface area (Å²) < 4.78 is 14.9. The van der Waals surface area contributed by atoms with Crippen molar-refractivity contribution in [2.75, 3.05) is 18.5 Å². The van der Waals surface area contributed by atoms with Crippen LogP contribution in [0.15, 0.2) is 23.6 Å². The Morgan fingerprint density at radius 1 is 1.21 bits per heavy atom. The van der Waals surface area contributed by atoms with Crippen molar-refractivity contribution in [1.82, 2.24) is 9.59 Å². The van der Waals surface area contributed by atoms with Gasteiger partial charge in [-0.05, 0) is 37.5 Å². The second-order valence-corrected chi connectivity index (χ2v) is 4.38. The van der Waals surface area contributed by atoms with Crippen LogP contribution < -0.4 is 14.8 Å². The molecule has 0 unspecified atom stereocenters. The molecule has 0 spiro atoms. The molecule has 1 heterocycles. The van der Waals surface area contributed by atoms with Crippen LogP contribution in [0.5, 0.6) is 11.5 Å². The fourth-order valence-electron chi connectivity index (χ4n) is 1.63. The van der Waals surface area contributed by atoms with Crippen molar-refractivity contribution in [2.24, 2.45) is 0 Å². The van der Waals surface area contributed by atoms with E-state index in [4.69, 9.17) is 9.47 Å². The molecule has 0 aliphatic rings. The molecule has 0 amide bonds.